The molecule has 2 amide bonds. The molecular formula is C22H23ClN6O2. The lowest BCUT2D eigenvalue weighted by molar-refractivity contribution is -0.130. The highest BCUT2D eigenvalue weighted by molar-refractivity contribution is 6.30. The number of halogens is 1. The number of nitrogens with zero attached hydrogens (tertiary/aromatic N) is 5. The number of benzene rings is 1. The quantitative estimate of drug-likeness (QED) is 0.661. The van der Waals surface area contributed by atoms with Crippen molar-refractivity contribution in [1.29, 1.82) is 0 Å². The molecule has 1 aliphatic rings. The van der Waals surface area contributed by atoms with Crippen molar-refractivity contribution in [2.75, 3.05) is 37.6 Å². The molecule has 3 heterocycles. The normalized spacial score (nSPS) is 13.9. The Labute approximate surface area is 185 Å². The smallest absolute Gasteiger partial charge is 0.255 e. The summed E-state index contributed by atoms with van der Waals surface area (Å²) in [5, 5.41) is 7.67. The van der Waals surface area contributed by atoms with Gasteiger partial charge in [0.2, 0.25) is 5.91 Å². The second-order valence-corrected chi connectivity index (χ2v) is 7.71. The van der Waals surface area contributed by atoms with E-state index in [4.69, 9.17) is 11.6 Å². The minimum Gasteiger partial charge on any atom is -0.368 e. The van der Waals surface area contributed by atoms with E-state index in [1.807, 2.05) is 42.5 Å². The van der Waals surface area contributed by atoms with Crippen LogP contribution in [-0.4, -0.2) is 64.2 Å². The maximum absolute atomic E-state index is 12.6. The van der Waals surface area contributed by atoms with E-state index in [9.17, 15) is 9.59 Å². The van der Waals surface area contributed by atoms with E-state index in [0.29, 0.717) is 35.2 Å². The summed E-state index contributed by atoms with van der Waals surface area (Å²) in [6.45, 7) is 4.43. The summed E-state index contributed by atoms with van der Waals surface area (Å²) in [7, 11) is 0. The van der Waals surface area contributed by atoms with E-state index in [0.717, 1.165) is 18.8 Å². The molecule has 0 aliphatic carbocycles. The van der Waals surface area contributed by atoms with E-state index in [2.05, 4.69) is 20.3 Å². The van der Waals surface area contributed by atoms with Crippen molar-refractivity contribution in [3.8, 4) is 5.82 Å². The van der Waals surface area contributed by atoms with Crippen LogP contribution in [0.3, 0.4) is 0 Å². The minimum absolute atomic E-state index is 0.0476. The largest absolute Gasteiger partial charge is 0.368 e. The van der Waals surface area contributed by atoms with Gasteiger partial charge in [-0.1, -0.05) is 17.7 Å². The van der Waals surface area contributed by atoms with Gasteiger partial charge in [-0.25, -0.2) is 9.67 Å². The predicted molar refractivity (Wildman–Crippen MR) is 119 cm³/mol. The molecular weight excluding hydrogens is 416 g/mol. The lowest BCUT2D eigenvalue weighted by atomic mass is 10.2. The maximum atomic E-state index is 12.6. The van der Waals surface area contributed by atoms with Crippen molar-refractivity contribution < 1.29 is 9.59 Å². The molecule has 0 unspecified atom stereocenters. The summed E-state index contributed by atoms with van der Waals surface area (Å²) in [6, 6.07) is 13.2. The molecule has 0 bridgehead atoms. The van der Waals surface area contributed by atoms with Gasteiger partial charge in [-0.15, -0.1) is 0 Å². The molecule has 1 saturated heterocycles. The van der Waals surface area contributed by atoms with Crippen LogP contribution in [-0.2, 0) is 4.79 Å². The fraction of sp³-hybridized carbons (Fsp3) is 0.273. The highest BCUT2D eigenvalue weighted by Crippen LogP contribution is 2.19. The molecule has 8 nitrogen and oxygen atoms in total. The Hall–Kier alpha value is -3.39. The SMILES string of the molecule is Cc1c(C(=O)NCC(=O)N2CCN(c3ccc(Cl)cc3)CC2)cnn1-c1ccccn1. The Morgan fingerprint density at radius 2 is 1.81 bits per heavy atom. The van der Waals surface area contributed by atoms with Gasteiger partial charge in [-0.2, -0.15) is 5.10 Å². The van der Waals surface area contributed by atoms with Crippen molar-refractivity contribution in [2.45, 2.75) is 6.92 Å². The van der Waals surface area contributed by atoms with Gasteiger partial charge < -0.3 is 15.1 Å². The molecule has 0 atom stereocenters. The second-order valence-electron chi connectivity index (χ2n) is 7.27. The maximum Gasteiger partial charge on any atom is 0.255 e. The van der Waals surface area contributed by atoms with E-state index >= 15 is 0 Å². The zero-order valence-electron chi connectivity index (χ0n) is 17.2. The van der Waals surface area contributed by atoms with Crippen molar-refractivity contribution in [2.24, 2.45) is 0 Å². The van der Waals surface area contributed by atoms with Gasteiger partial charge >= 0.3 is 0 Å². The summed E-state index contributed by atoms with van der Waals surface area (Å²) >= 11 is 5.95. The number of carbonyl (C=O) groups is 2. The second kappa shape index (κ2) is 9.18. The van der Waals surface area contributed by atoms with Crippen LogP contribution in [0.1, 0.15) is 16.1 Å². The summed E-state index contributed by atoms with van der Waals surface area (Å²) in [5.74, 6) is 0.209. The highest BCUT2D eigenvalue weighted by atomic mass is 35.5. The van der Waals surface area contributed by atoms with Crippen molar-refractivity contribution in [3.05, 3.63) is 71.1 Å². The number of hydrogen-bond acceptors (Lipinski definition) is 5. The number of rotatable bonds is 5. The number of aromatic nitrogens is 3. The standard InChI is InChI=1S/C22H23ClN6O2/c1-16-19(14-26-29(16)20-4-2-3-9-24-20)22(31)25-15-21(30)28-12-10-27(11-13-28)18-7-5-17(23)6-8-18/h2-9,14H,10-13,15H2,1H3,(H,25,31). The molecule has 0 spiro atoms. The first-order chi connectivity index (χ1) is 15.0. The molecule has 3 aromatic rings. The van der Waals surface area contributed by atoms with E-state index < -0.39 is 0 Å². The first kappa shape index (κ1) is 20.9. The molecule has 1 aromatic carbocycles. The van der Waals surface area contributed by atoms with Gasteiger partial charge in [0, 0.05) is 43.1 Å². The van der Waals surface area contributed by atoms with E-state index in [1.165, 1.54) is 6.20 Å². The summed E-state index contributed by atoms with van der Waals surface area (Å²) in [6.07, 6.45) is 3.16. The molecule has 4 rings (SSSR count). The van der Waals surface area contributed by atoms with Crippen molar-refractivity contribution in [3.63, 3.8) is 0 Å². The Bertz CT molecular complexity index is 1060. The number of nitrogens with one attached hydrogen (secondary N) is 1. The number of pyridine rings is 1. The van der Waals surface area contributed by atoms with Gasteiger partial charge in [0.15, 0.2) is 5.82 Å². The van der Waals surface area contributed by atoms with Crippen LogP contribution in [0.25, 0.3) is 5.82 Å². The minimum atomic E-state index is -0.326. The van der Waals surface area contributed by atoms with Crippen LogP contribution in [0.5, 0.6) is 0 Å². The van der Waals surface area contributed by atoms with Gasteiger partial charge in [-0.05, 0) is 43.3 Å². The van der Waals surface area contributed by atoms with Crippen LogP contribution in [0.4, 0.5) is 5.69 Å². The molecule has 2 aromatic heterocycles. The van der Waals surface area contributed by atoms with Crippen LogP contribution < -0.4 is 10.2 Å². The van der Waals surface area contributed by atoms with Gasteiger partial charge in [0.05, 0.1) is 24.0 Å². The number of anilines is 1. The Balaban J connectivity index is 1.30. The molecule has 1 N–H and O–H groups in total. The first-order valence-electron chi connectivity index (χ1n) is 10.1. The molecule has 9 heteroatoms. The number of hydrogen-bond donors (Lipinski definition) is 1. The first-order valence-corrected chi connectivity index (χ1v) is 10.4. The zero-order valence-corrected chi connectivity index (χ0v) is 17.9. The summed E-state index contributed by atoms with van der Waals surface area (Å²) in [4.78, 5) is 33.4. The number of carbonyl (C=O) groups excluding carboxylic acids is 2. The van der Waals surface area contributed by atoms with E-state index in [-0.39, 0.29) is 18.4 Å². The van der Waals surface area contributed by atoms with Gasteiger partial charge in [0.1, 0.15) is 0 Å². The Morgan fingerprint density at radius 1 is 1.06 bits per heavy atom. The number of amides is 2. The highest BCUT2D eigenvalue weighted by Gasteiger charge is 2.22. The van der Waals surface area contributed by atoms with Crippen LogP contribution in [0, 0.1) is 6.92 Å². The fourth-order valence-electron chi connectivity index (χ4n) is 3.57. The number of piperazine rings is 1. The third kappa shape index (κ3) is 4.69. The predicted octanol–water partition coefficient (Wildman–Crippen LogP) is 2.31. The molecule has 0 saturated carbocycles. The van der Waals surface area contributed by atoms with Crippen LogP contribution in [0.2, 0.25) is 5.02 Å². The lowest BCUT2D eigenvalue weighted by Gasteiger charge is -2.36. The van der Waals surface area contributed by atoms with Gasteiger partial charge in [0.25, 0.3) is 5.91 Å². The van der Waals surface area contributed by atoms with Crippen LogP contribution in [0.15, 0.2) is 54.9 Å². The molecule has 1 aliphatic heterocycles. The third-order valence-electron chi connectivity index (χ3n) is 5.35. The zero-order chi connectivity index (χ0) is 21.8. The Kier molecular flexibility index (Phi) is 6.18. The van der Waals surface area contributed by atoms with Crippen molar-refractivity contribution in [1.82, 2.24) is 25.0 Å². The third-order valence-corrected chi connectivity index (χ3v) is 5.60. The van der Waals surface area contributed by atoms with Crippen LogP contribution >= 0.6 is 11.6 Å². The molecule has 1 fully saturated rings. The monoisotopic (exact) mass is 438 g/mol. The Morgan fingerprint density at radius 3 is 2.48 bits per heavy atom. The summed E-state index contributed by atoms with van der Waals surface area (Å²) in [5.41, 5.74) is 2.18. The average Bonchev–Trinajstić information content (AvgIpc) is 3.20. The molecule has 31 heavy (non-hydrogen) atoms. The topological polar surface area (TPSA) is 83.4 Å². The lowest BCUT2D eigenvalue weighted by Crippen LogP contribution is -2.51. The fourth-order valence-corrected chi connectivity index (χ4v) is 3.70. The van der Waals surface area contributed by atoms with E-state index in [1.54, 1.807) is 22.7 Å². The molecule has 0 radical (unpaired) electrons. The molecule has 160 valence electrons. The summed E-state index contributed by atoms with van der Waals surface area (Å²) < 4.78 is 1.60. The van der Waals surface area contributed by atoms with Crippen molar-refractivity contribution >= 4 is 29.1 Å². The van der Waals surface area contributed by atoms with Gasteiger partial charge in [-0.3, -0.25) is 9.59 Å². The average molecular weight is 439 g/mol.